The fourth-order valence-corrected chi connectivity index (χ4v) is 1.45. The van der Waals surface area contributed by atoms with E-state index in [4.69, 9.17) is 0 Å². The lowest BCUT2D eigenvalue weighted by atomic mass is 10.1. The van der Waals surface area contributed by atoms with Gasteiger partial charge in [0.2, 0.25) is 0 Å². The molecule has 2 rings (SSSR count). The van der Waals surface area contributed by atoms with Crippen LogP contribution in [0.15, 0.2) is 24.3 Å². The topological polar surface area (TPSA) is 20.3 Å². The van der Waals surface area contributed by atoms with Crippen molar-refractivity contribution in [1.82, 2.24) is 0 Å². The number of nitrogens with zero attached hydrogens (tertiary/aromatic N) is 1. The van der Waals surface area contributed by atoms with E-state index in [1.54, 1.807) is 6.08 Å². The maximum atomic E-state index is 11.2. The fraction of sp³-hybridized carbons (Fsp3) is 0.182. The first-order valence-corrected chi connectivity index (χ1v) is 4.22. The summed E-state index contributed by atoms with van der Waals surface area (Å²) in [6.07, 6.45) is 3.48. The summed E-state index contributed by atoms with van der Waals surface area (Å²) in [5.74, 6) is 0.111. The number of ketones is 1. The Balaban J connectivity index is 2.51. The van der Waals surface area contributed by atoms with E-state index in [1.165, 1.54) is 0 Å². The van der Waals surface area contributed by atoms with Crippen LogP contribution in [0.1, 0.15) is 15.9 Å². The first-order valence-electron chi connectivity index (χ1n) is 4.22. The van der Waals surface area contributed by atoms with Gasteiger partial charge in [0.05, 0.1) is 0 Å². The highest BCUT2D eigenvalue weighted by Crippen LogP contribution is 2.24. The molecule has 0 heterocycles. The van der Waals surface area contributed by atoms with Crippen LogP contribution >= 0.6 is 0 Å². The number of allylic oxidation sites excluding steroid dienone is 1. The molecule has 0 unspecified atom stereocenters. The summed E-state index contributed by atoms with van der Waals surface area (Å²) in [6, 6.07) is 5.87. The highest BCUT2D eigenvalue weighted by molar-refractivity contribution is 6.13. The van der Waals surface area contributed by atoms with Crippen LogP contribution in [-0.4, -0.2) is 19.9 Å². The summed E-state index contributed by atoms with van der Waals surface area (Å²) in [5.41, 5.74) is 2.96. The van der Waals surface area contributed by atoms with Crippen molar-refractivity contribution in [2.24, 2.45) is 0 Å². The van der Waals surface area contributed by atoms with Gasteiger partial charge < -0.3 is 4.90 Å². The zero-order valence-electron chi connectivity index (χ0n) is 7.74. The van der Waals surface area contributed by atoms with Gasteiger partial charge in [-0.25, -0.2) is 0 Å². The van der Waals surface area contributed by atoms with E-state index < -0.39 is 0 Å². The average molecular weight is 173 g/mol. The van der Waals surface area contributed by atoms with Gasteiger partial charge in [-0.15, -0.1) is 0 Å². The summed E-state index contributed by atoms with van der Waals surface area (Å²) in [4.78, 5) is 13.3. The van der Waals surface area contributed by atoms with Gasteiger partial charge in [0.1, 0.15) is 0 Å². The summed E-state index contributed by atoms with van der Waals surface area (Å²) in [5, 5.41) is 0. The van der Waals surface area contributed by atoms with Gasteiger partial charge in [0.25, 0.3) is 0 Å². The number of hydrogen-bond donors (Lipinski definition) is 0. The predicted octanol–water partition coefficient (Wildman–Crippen LogP) is 1.96. The molecule has 1 aliphatic rings. The monoisotopic (exact) mass is 173 g/mol. The number of rotatable bonds is 1. The van der Waals surface area contributed by atoms with E-state index in [2.05, 4.69) is 0 Å². The van der Waals surface area contributed by atoms with Gasteiger partial charge in [-0.2, -0.15) is 0 Å². The van der Waals surface area contributed by atoms with Crippen LogP contribution in [0.2, 0.25) is 0 Å². The van der Waals surface area contributed by atoms with E-state index in [9.17, 15) is 4.79 Å². The van der Waals surface area contributed by atoms with Crippen LogP contribution in [-0.2, 0) is 0 Å². The molecule has 66 valence electrons. The zero-order chi connectivity index (χ0) is 9.42. The first kappa shape index (κ1) is 8.05. The fourth-order valence-electron chi connectivity index (χ4n) is 1.45. The van der Waals surface area contributed by atoms with E-state index in [1.807, 2.05) is 43.3 Å². The third-order valence-electron chi connectivity index (χ3n) is 2.23. The molecule has 2 nitrogen and oxygen atoms in total. The van der Waals surface area contributed by atoms with Crippen molar-refractivity contribution >= 4 is 17.5 Å². The molecular formula is C11H11NO. The van der Waals surface area contributed by atoms with Crippen molar-refractivity contribution in [2.75, 3.05) is 19.0 Å². The van der Waals surface area contributed by atoms with E-state index in [0.717, 1.165) is 16.8 Å². The van der Waals surface area contributed by atoms with Gasteiger partial charge in [-0.05, 0) is 29.8 Å². The number of hydrogen-bond acceptors (Lipinski definition) is 2. The number of benzene rings is 1. The Morgan fingerprint density at radius 3 is 2.62 bits per heavy atom. The maximum Gasteiger partial charge on any atom is 0.186 e. The van der Waals surface area contributed by atoms with Crippen LogP contribution in [0.25, 0.3) is 6.08 Å². The van der Waals surface area contributed by atoms with Crippen LogP contribution in [0.3, 0.4) is 0 Å². The second kappa shape index (κ2) is 2.73. The largest absolute Gasteiger partial charge is 0.378 e. The third-order valence-corrected chi connectivity index (χ3v) is 2.23. The van der Waals surface area contributed by atoms with Crippen molar-refractivity contribution < 1.29 is 4.79 Å². The lowest BCUT2D eigenvalue weighted by Gasteiger charge is -2.12. The molecule has 0 N–H and O–H groups in total. The van der Waals surface area contributed by atoms with Crippen LogP contribution in [0.4, 0.5) is 5.69 Å². The Morgan fingerprint density at radius 1 is 1.15 bits per heavy atom. The maximum absolute atomic E-state index is 11.2. The molecule has 1 aromatic rings. The molecule has 0 amide bonds. The van der Waals surface area contributed by atoms with Crippen molar-refractivity contribution in [3.05, 3.63) is 35.4 Å². The quantitative estimate of drug-likeness (QED) is 0.647. The van der Waals surface area contributed by atoms with Crippen molar-refractivity contribution in [1.29, 1.82) is 0 Å². The molecule has 0 aliphatic heterocycles. The van der Waals surface area contributed by atoms with Gasteiger partial charge in [-0.1, -0.05) is 6.08 Å². The molecule has 1 aliphatic carbocycles. The van der Waals surface area contributed by atoms with Gasteiger partial charge >= 0.3 is 0 Å². The molecule has 0 bridgehead atoms. The van der Waals surface area contributed by atoms with Crippen LogP contribution in [0, 0.1) is 0 Å². The van der Waals surface area contributed by atoms with Crippen molar-refractivity contribution in [3.63, 3.8) is 0 Å². The van der Waals surface area contributed by atoms with Crippen molar-refractivity contribution in [3.8, 4) is 0 Å². The molecule has 0 saturated heterocycles. The molecule has 0 radical (unpaired) electrons. The Kier molecular flexibility index (Phi) is 1.69. The summed E-state index contributed by atoms with van der Waals surface area (Å²) >= 11 is 0. The normalized spacial score (nSPS) is 13.2. The minimum atomic E-state index is 0.111. The number of anilines is 1. The van der Waals surface area contributed by atoms with E-state index >= 15 is 0 Å². The van der Waals surface area contributed by atoms with E-state index in [-0.39, 0.29) is 5.78 Å². The van der Waals surface area contributed by atoms with Gasteiger partial charge in [-0.3, -0.25) is 4.79 Å². The molecule has 2 heteroatoms. The standard InChI is InChI=1S/C11H11NO/c1-12(2)9-4-5-10-8(7-9)3-6-11(10)13/h3-7H,1-2H3. The smallest absolute Gasteiger partial charge is 0.186 e. The van der Waals surface area contributed by atoms with Crippen LogP contribution < -0.4 is 4.90 Å². The molecule has 0 spiro atoms. The number of fused-ring (bicyclic) bond motifs is 1. The minimum Gasteiger partial charge on any atom is -0.378 e. The van der Waals surface area contributed by atoms with Gasteiger partial charge in [0.15, 0.2) is 5.78 Å². The Labute approximate surface area is 77.5 Å². The summed E-state index contributed by atoms with van der Waals surface area (Å²) < 4.78 is 0. The molecule has 1 aromatic carbocycles. The van der Waals surface area contributed by atoms with Crippen molar-refractivity contribution in [2.45, 2.75) is 0 Å². The third kappa shape index (κ3) is 1.24. The lowest BCUT2D eigenvalue weighted by Crippen LogP contribution is -2.08. The highest BCUT2D eigenvalue weighted by Gasteiger charge is 2.13. The molecule has 0 atom stereocenters. The molecule has 13 heavy (non-hydrogen) atoms. The SMILES string of the molecule is CN(C)c1ccc2c(c1)C=CC2=O. The first-order chi connectivity index (χ1) is 6.18. The van der Waals surface area contributed by atoms with Gasteiger partial charge in [0, 0.05) is 25.3 Å². The Morgan fingerprint density at radius 2 is 1.92 bits per heavy atom. The average Bonchev–Trinajstić information content (AvgIpc) is 2.47. The Hall–Kier alpha value is -1.57. The lowest BCUT2D eigenvalue weighted by molar-refractivity contribution is 0.105. The summed E-state index contributed by atoms with van der Waals surface area (Å²) in [6.45, 7) is 0. The molecule has 0 saturated carbocycles. The zero-order valence-corrected chi connectivity index (χ0v) is 7.74. The highest BCUT2D eigenvalue weighted by atomic mass is 16.1. The number of carbonyl (C=O) groups excluding carboxylic acids is 1. The van der Waals surface area contributed by atoms with E-state index in [0.29, 0.717) is 0 Å². The second-order valence-electron chi connectivity index (χ2n) is 3.36. The molecule has 0 aromatic heterocycles. The van der Waals surface area contributed by atoms with Crippen LogP contribution in [0.5, 0.6) is 0 Å². The number of carbonyl (C=O) groups is 1. The minimum absolute atomic E-state index is 0.111. The Bertz CT molecular complexity index is 391. The summed E-state index contributed by atoms with van der Waals surface area (Å²) in [7, 11) is 3.98. The molecule has 0 fully saturated rings. The molecular weight excluding hydrogens is 162 g/mol. The second-order valence-corrected chi connectivity index (χ2v) is 3.36. The predicted molar refractivity (Wildman–Crippen MR) is 54.1 cm³/mol.